The minimum Gasteiger partial charge on any atom is -0.354 e. The van der Waals surface area contributed by atoms with Crippen molar-refractivity contribution in [2.24, 2.45) is 0 Å². The smallest absolute Gasteiger partial charge is 0.0801 e. The van der Waals surface area contributed by atoms with Gasteiger partial charge in [0.1, 0.15) is 0 Å². The Hall–Kier alpha value is -4.00. The van der Waals surface area contributed by atoms with E-state index in [1.54, 1.807) is 0 Å². The fraction of sp³-hybridized carbons (Fsp3) is 0. The summed E-state index contributed by atoms with van der Waals surface area (Å²) >= 11 is 7.66. The Morgan fingerprint density at radius 1 is 0.421 bits per heavy atom. The van der Waals surface area contributed by atoms with Crippen LogP contribution in [0.1, 0.15) is 22.8 Å². The van der Waals surface area contributed by atoms with Gasteiger partial charge in [0, 0.05) is 22.2 Å². The van der Waals surface area contributed by atoms with Crippen molar-refractivity contribution in [3.05, 3.63) is 117 Å². The summed E-state index contributed by atoms with van der Waals surface area (Å²) in [7, 11) is 0. The van der Waals surface area contributed by atoms with Gasteiger partial charge < -0.3 is 9.97 Å². The van der Waals surface area contributed by atoms with Gasteiger partial charge in [0.15, 0.2) is 0 Å². The van der Waals surface area contributed by atoms with Gasteiger partial charge in [-0.3, -0.25) is 0 Å². The van der Waals surface area contributed by atoms with Crippen LogP contribution >= 0.6 is 31.9 Å². The lowest BCUT2D eigenvalue weighted by Crippen LogP contribution is -1.87. The summed E-state index contributed by atoms with van der Waals surface area (Å²) in [4.78, 5) is 17.3. The fourth-order valence-electron chi connectivity index (χ4n) is 4.95. The molecule has 4 nitrogen and oxygen atoms in total. The lowest BCUT2D eigenvalue weighted by atomic mass is 10.0. The Labute approximate surface area is 236 Å². The molecular weight excluding hydrogens is 600 g/mol. The van der Waals surface area contributed by atoms with Crippen LogP contribution in [-0.2, 0) is 0 Å². The van der Waals surface area contributed by atoms with Crippen molar-refractivity contribution in [3.63, 3.8) is 0 Å². The van der Waals surface area contributed by atoms with Crippen LogP contribution in [0.15, 0.2) is 93.9 Å². The normalized spacial score (nSPS) is 12.3. The number of benzene rings is 2. The van der Waals surface area contributed by atoms with E-state index >= 15 is 0 Å². The van der Waals surface area contributed by atoms with E-state index in [1.165, 1.54) is 0 Å². The molecule has 7 rings (SSSR count). The van der Waals surface area contributed by atoms with Gasteiger partial charge in [-0.05, 0) is 91.6 Å². The molecule has 182 valence electrons. The predicted octanol–water partition coefficient (Wildman–Crippen LogP) is 9.51. The molecule has 0 saturated heterocycles. The van der Waals surface area contributed by atoms with Gasteiger partial charge in [0.05, 0.1) is 42.8 Å². The first-order valence-corrected chi connectivity index (χ1v) is 13.8. The van der Waals surface area contributed by atoms with Crippen molar-refractivity contribution in [3.8, 4) is 22.3 Å². The lowest BCUT2D eigenvalue weighted by Gasteiger charge is -2.04. The van der Waals surface area contributed by atoms with Gasteiger partial charge in [-0.2, -0.15) is 0 Å². The lowest BCUT2D eigenvalue weighted by molar-refractivity contribution is 1.25. The second kappa shape index (κ2) is 9.39. The van der Waals surface area contributed by atoms with Crippen LogP contribution in [0.4, 0.5) is 0 Å². The zero-order chi connectivity index (χ0) is 25.6. The third-order valence-electron chi connectivity index (χ3n) is 6.75. The minimum atomic E-state index is 0.841. The maximum Gasteiger partial charge on any atom is 0.0801 e. The van der Waals surface area contributed by atoms with Crippen LogP contribution in [0, 0.1) is 0 Å². The second-order valence-corrected chi connectivity index (χ2v) is 10.7. The molecular formula is C32H20Br2N4. The molecule has 0 amide bonds. The zero-order valence-corrected chi connectivity index (χ0v) is 23.2. The molecule has 6 heteroatoms. The summed E-state index contributed by atoms with van der Waals surface area (Å²) in [5, 5.41) is 0. The number of fused-ring (bicyclic) bond motifs is 8. The standard InChI is InChI=1S/C32H20Br2N4/c33-31-25-15-11-21(35-25)29(19-7-3-1-4-8-19)22-12-16-26(36-22)32(34)28-18-14-24(38-28)30(20-9-5-2-6-10-20)23-13-17-27(31)37-23/h1-18,35,37H. The first kappa shape index (κ1) is 23.1. The van der Waals surface area contributed by atoms with E-state index in [4.69, 9.17) is 9.97 Å². The molecule has 38 heavy (non-hydrogen) atoms. The van der Waals surface area contributed by atoms with Crippen molar-refractivity contribution in [2.75, 3.05) is 0 Å². The van der Waals surface area contributed by atoms with Crippen LogP contribution in [-0.4, -0.2) is 19.9 Å². The second-order valence-electron chi connectivity index (χ2n) is 9.11. The molecule has 0 unspecified atom stereocenters. The minimum absolute atomic E-state index is 0.841. The van der Waals surface area contributed by atoms with Crippen LogP contribution in [0.2, 0.25) is 0 Å². The Morgan fingerprint density at radius 2 is 0.816 bits per heavy atom. The summed E-state index contributed by atoms with van der Waals surface area (Å²) in [6.45, 7) is 0. The summed E-state index contributed by atoms with van der Waals surface area (Å²) in [5.41, 5.74) is 11.7. The van der Waals surface area contributed by atoms with E-state index in [1.807, 2.05) is 24.3 Å². The van der Waals surface area contributed by atoms with Gasteiger partial charge >= 0.3 is 0 Å². The number of hydrogen-bond donors (Lipinski definition) is 2. The van der Waals surface area contributed by atoms with Gasteiger partial charge in [-0.1, -0.05) is 60.7 Å². The Kier molecular flexibility index (Phi) is 5.72. The highest BCUT2D eigenvalue weighted by atomic mass is 79.9. The van der Waals surface area contributed by atoms with Crippen molar-refractivity contribution < 1.29 is 0 Å². The number of aromatic amines is 2. The van der Waals surface area contributed by atoms with E-state index < -0.39 is 0 Å². The van der Waals surface area contributed by atoms with E-state index in [2.05, 4.69) is 127 Å². The number of nitrogens with zero attached hydrogens (tertiary/aromatic N) is 2. The van der Waals surface area contributed by atoms with Gasteiger partial charge in [0.2, 0.25) is 0 Å². The molecule has 5 heterocycles. The maximum atomic E-state index is 5.04. The van der Waals surface area contributed by atoms with Crippen molar-refractivity contribution in [1.82, 2.24) is 19.9 Å². The van der Waals surface area contributed by atoms with Gasteiger partial charge in [-0.15, -0.1) is 0 Å². The molecule has 8 bridgehead atoms. The first-order chi connectivity index (χ1) is 18.7. The van der Waals surface area contributed by atoms with Gasteiger partial charge in [0.25, 0.3) is 0 Å². The molecule has 0 atom stereocenters. The van der Waals surface area contributed by atoms with Crippen LogP contribution in [0.3, 0.4) is 0 Å². The Bertz CT molecular complexity index is 1790. The quantitative estimate of drug-likeness (QED) is 0.202. The number of H-pyrrole nitrogens is 2. The fourth-order valence-corrected chi connectivity index (χ4v) is 5.86. The Balaban J connectivity index is 1.64. The topological polar surface area (TPSA) is 57.4 Å². The molecule has 0 saturated carbocycles. The average molecular weight is 620 g/mol. The Morgan fingerprint density at radius 3 is 1.26 bits per heavy atom. The van der Waals surface area contributed by atoms with E-state index in [9.17, 15) is 0 Å². The molecule has 2 aromatic carbocycles. The third-order valence-corrected chi connectivity index (χ3v) is 8.42. The highest BCUT2D eigenvalue weighted by molar-refractivity contribution is 9.11. The van der Waals surface area contributed by atoms with E-state index in [0.29, 0.717) is 0 Å². The summed E-state index contributed by atoms with van der Waals surface area (Å²) in [6.07, 6.45) is 8.22. The maximum absolute atomic E-state index is 5.04. The number of rotatable bonds is 2. The summed E-state index contributed by atoms with van der Waals surface area (Å²) in [5.74, 6) is 0. The van der Waals surface area contributed by atoms with Crippen LogP contribution < -0.4 is 0 Å². The first-order valence-electron chi connectivity index (χ1n) is 12.2. The summed E-state index contributed by atoms with van der Waals surface area (Å²) < 4.78 is 1.81. The molecule has 0 spiro atoms. The average Bonchev–Trinajstić information content (AvgIpc) is 3.77. The largest absolute Gasteiger partial charge is 0.354 e. The number of aromatic nitrogens is 4. The monoisotopic (exact) mass is 618 g/mol. The zero-order valence-electron chi connectivity index (χ0n) is 20.0. The number of halogens is 2. The van der Waals surface area contributed by atoms with Gasteiger partial charge in [-0.25, -0.2) is 9.97 Å². The molecule has 2 aliphatic rings. The van der Waals surface area contributed by atoms with Crippen LogP contribution in [0.5, 0.6) is 0 Å². The molecule has 0 aliphatic carbocycles. The number of hydrogen-bond acceptors (Lipinski definition) is 2. The summed E-state index contributed by atoms with van der Waals surface area (Å²) in [6, 6.07) is 29.1. The van der Waals surface area contributed by atoms with Crippen LogP contribution in [0.25, 0.3) is 68.6 Å². The van der Waals surface area contributed by atoms with Crippen molar-refractivity contribution in [2.45, 2.75) is 0 Å². The third kappa shape index (κ3) is 3.97. The predicted molar refractivity (Wildman–Crippen MR) is 165 cm³/mol. The highest BCUT2D eigenvalue weighted by Crippen LogP contribution is 2.35. The SMILES string of the molecule is Brc1c2nc(c(-c3ccccc3)c3ccc([nH]3)c(Br)c3ccc([nH]3)c(-c3ccccc3)c3nc1C=C3)C=C2. The van der Waals surface area contributed by atoms with E-state index in [-0.39, 0.29) is 0 Å². The molecule has 0 radical (unpaired) electrons. The molecule has 5 aromatic rings. The number of nitrogens with one attached hydrogen (secondary N) is 2. The van der Waals surface area contributed by atoms with Crippen molar-refractivity contribution in [1.29, 1.82) is 0 Å². The van der Waals surface area contributed by atoms with Crippen molar-refractivity contribution >= 4 is 78.2 Å². The molecule has 3 aromatic heterocycles. The molecule has 2 aliphatic heterocycles. The molecule has 0 fully saturated rings. The van der Waals surface area contributed by atoms with E-state index in [0.717, 1.165) is 76.0 Å². The highest BCUT2D eigenvalue weighted by Gasteiger charge is 2.16. The molecule has 2 N–H and O–H groups in total.